The molecule has 0 aliphatic rings. The average Bonchev–Trinajstić information content (AvgIpc) is 2.80. The van der Waals surface area contributed by atoms with E-state index in [-0.39, 0.29) is 24.0 Å². The van der Waals surface area contributed by atoms with E-state index in [2.05, 4.69) is 10.0 Å². The van der Waals surface area contributed by atoms with Gasteiger partial charge in [0.25, 0.3) is 5.91 Å². The van der Waals surface area contributed by atoms with E-state index in [1.807, 2.05) is 12.1 Å². The number of methoxy groups -OCH3 is 3. The van der Waals surface area contributed by atoms with Crippen molar-refractivity contribution in [3.05, 3.63) is 48.0 Å². The Kier molecular flexibility index (Phi) is 10.3. The summed E-state index contributed by atoms with van der Waals surface area (Å²) in [4.78, 5) is 11.8. The number of hydrogen-bond acceptors (Lipinski definition) is 7. The van der Waals surface area contributed by atoms with Crippen LogP contribution in [0.2, 0.25) is 0 Å². The topological polar surface area (TPSA) is 112 Å². The summed E-state index contributed by atoms with van der Waals surface area (Å²) in [5.41, 5.74) is 0.912. The summed E-state index contributed by atoms with van der Waals surface area (Å²) in [5.74, 6) is 1.35. The van der Waals surface area contributed by atoms with Crippen LogP contribution in [0.4, 0.5) is 0 Å². The zero-order chi connectivity index (χ0) is 23.4. The second-order valence-electron chi connectivity index (χ2n) is 6.79. The van der Waals surface area contributed by atoms with Crippen molar-refractivity contribution < 1.29 is 32.2 Å². The molecule has 0 bridgehead atoms. The van der Waals surface area contributed by atoms with Crippen LogP contribution in [0.15, 0.2) is 47.4 Å². The number of carbonyl (C=O) groups excluding carboxylic acids is 1. The Bertz CT molecular complexity index is 963. The first-order chi connectivity index (χ1) is 15.4. The minimum Gasteiger partial charge on any atom is -0.493 e. The van der Waals surface area contributed by atoms with Crippen LogP contribution in [0.1, 0.15) is 12.0 Å². The highest BCUT2D eigenvalue weighted by Gasteiger charge is 2.14. The van der Waals surface area contributed by atoms with Crippen LogP contribution in [0.3, 0.4) is 0 Å². The first kappa shape index (κ1) is 25.4. The van der Waals surface area contributed by atoms with E-state index >= 15 is 0 Å². The third-order valence-corrected chi connectivity index (χ3v) is 5.98. The number of nitrogens with one attached hydrogen (secondary N) is 2. The van der Waals surface area contributed by atoms with Crippen LogP contribution in [0, 0.1) is 0 Å². The molecular weight excluding hydrogens is 436 g/mol. The molecule has 0 spiro atoms. The van der Waals surface area contributed by atoms with Gasteiger partial charge in [-0.3, -0.25) is 4.79 Å². The Morgan fingerprint density at radius 3 is 2.31 bits per heavy atom. The molecule has 9 nitrogen and oxygen atoms in total. The smallest absolute Gasteiger partial charge is 0.257 e. The molecule has 1 amide bonds. The summed E-state index contributed by atoms with van der Waals surface area (Å²) >= 11 is 0. The van der Waals surface area contributed by atoms with Gasteiger partial charge in [0, 0.05) is 26.8 Å². The Morgan fingerprint density at radius 2 is 1.66 bits per heavy atom. The van der Waals surface area contributed by atoms with E-state index in [1.54, 1.807) is 27.4 Å². The number of sulfonamides is 1. The maximum Gasteiger partial charge on any atom is 0.257 e. The Morgan fingerprint density at radius 1 is 0.938 bits per heavy atom. The van der Waals surface area contributed by atoms with Crippen LogP contribution in [-0.2, 0) is 26.0 Å². The molecule has 0 atom stereocenters. The summed E-state index contributed by atoms with van der Waals surface area (Å²) in [5, 5.41) is 2.71. The SMILES string of the molecule is COCCCNC(=O)COc1ccc(S(=O)(=O)NCCc2ccc(OC)c(OC)c2)cc1. The monoisotopic (exact) mass is 466 g/mol. The van der Waals surface area contributed by atoms with Gasteiger partial charge in [-0.2, -0.15) is 0 Å². The zero-order valence-corrected chi connectivity index (χ0v) is 19.4. The maximum absolute atomic E-state index is 12.5. The van der Waals surface area contributed by atoms with Crippen molar-refractivity contribution in [2.24, 2.45) is 0 Å². The van der Waals surface area contributed by atoms with E-state index in [9.17, 15) is 13.2 Å². The zero-order valence-electron chi connectivity index (χ0n) is 18.6. The second kappa shape index (κ2) is 12.9. The third-order valence-electron chi connectivity index (χ3n) is 4.51. The summed E-state index contributed by atoms with van der Waals surface area (Å²) in [6, 6.07) is 11.3. The van der Waals surface area contributed by atoms with Crippen LogP contribution >= 0.6 is 0 Å². The van der Waals surface area contributed by atoms with Crippen molar-refractivity contribution in [3.8, 4) is 17.2 Å². The van der Waals surface area contributed by atoms with Crippen molar-refractivity contribution in [1.82, 2.24) is 10.0 Å². The minimum atomic E-state index is -3.68. The first-order valence-electron chi connectivity index (χ1n) is 10.1. The van der Waals surface area contributed by atoms with Crippen LogP contribution in [0.5, 0.6) is 17.2 Å². The predicted octanol–water partition coefficient (Wildman–Crippen LogP) is 1.76. The molecule has 0 heterocycles. The normalized spacial score (nSPS) is 11.1. The number of carbonyl (C=O) groups is 1. The lowest BCUT2D eigenvalue weighted by atomic mass is 10.1. The van der Waals surface area contributed by atoms with E-state index in [1.165, 1.54) is 24.3 Å². The van der Waals surface area contributed by atoms with Gasteiger partial charge in [-0.15, -0.1) is 0 Å². The highest BCUT2D eigenvalue weighted by atomic mass is 32.2. The van der Waals surface area contributed by atoms with Gasteiger partial charge < -0.3 is 24.3 Å². The van der Waals surface area contributed by atoms with Crippen molar-refractivity contribution in [1.29, 1.82) is 0 Å². The molecule has 0 radical (unpaired) electrons. The maximum atomic E-state index is 12.5. The van der Waals surface area contributed by atoms with Crippen molar-refractivity contribution in [3.63, 3.8) is 0 Å². The highest BCUT2D eigenvalue weighted by molar-refractivity contribution is 7.89. The molecule has 2 aromatic rings. The van der Waals surface area contributed by atoms with Gasteiger partial charge in [-0.25, -0.2) is 13.1 Å². The lowest BCUT2D eigenvalue weighted by molar-refractivity contribution is -0.123. The quantitative estimate of drug-likeness (QED) is 0.408. The third kappa shape index (κ3) is 8.03. The summed E-state index contributed by atoms with van der Waals surface area (Å²) < 4.78 is 48.4. The van der Waals surface area contributed by atoms with Crippen molar-refractivity contribution >= 4 is 15.9 Å². The minimum absolute atomic E-state index is 0.112. The van der Waals surface area contributed by atoms with Gasteiger partial charge in [-0.1, -0.05) is 6.07 Å². The molecular formula is C22H30N2O7S. The molecule has 176 valence electrons. The molecule has 0 saturated carbocycles. The highest BCUT2D eigenvalue weighted by Crippen LogP contribution is 2.27. The number of benzene rings is 2. The molecule has 0 unspecified atom stereocenters. The first-order valence-corrected chi connectivity index (χ1v) is 11.6. The summed E-state index contributed by atoms with van der Waals surface area (Å²) in [6.45, 7) is 1.14. The van der Waals surface area contributed by atoms with Crippen molar-refractivity contribution in [2.75, 3.05) is 47.6 Å². The molecule has 0 aliphatic heterocycles. The molecule has 32 heavy (non-hydrogen) atoms. The summed E-state index contributed by atoms with van der Waals surface area (Å²) in [7, 11) is 1.03. The Labute approximate surface area is 189 Å². The van der Waals surface area contributed by atoms with Gasteiger partial charge in [-0.05, 0) is 54.8 Å². The second-order valence-corrected chi connectivity index (χ2v) is 8.56. The average molecular weight is 467 g/mol. The van der Waals surface area contributed by atoms with Crippen LogP contribution in [0.25, 0.3) is 0 Å². The summed E-state index contributed by atoms with van der Waals surface area (Å²) in [6.07, 6.45) is 1.20. The number of hydrogen-bond donors (Lipinski definition) is 2. The van der Waals surface area contributed by atoms with E-state index in [0.717, 1.165) is 5.56 Å². The Balaban J connectivity index is 1.83. The van der Waals surface area contributed by atoms with Gasteiger partial charge in [0.1, 0.15) is 5.75 Å². The number of ether oxygens (including phenoxy) is 4. The molecule has 2 N–H and O–H groups in total. The van der Waals surface area contributed by atoms with Crippen molar-refractivity contribution in [2.45, 2.75) is 17.7 Å². The molecule has 0 aliphatic carbocycles. The fraction of sp³-hybridized carbons (Fsp3) is 0.409. The lowest BCUT2D eigenvalue weighted by Gasteiger charge is -2.11. The van der Waals surface area contributed by atoms with Gasteiger partial charge in [0.05, 0.1) is 19.1 Å². The molecule has 10 heteroatoms. The Hall–Kier alpha value is -2.82. The molecule has 0 fully saturated rings. The fourth-order valence-electron chi connectivity index (χ4n) is 2.81. The number of amides is 1. The van der Waals surface area contributed by atoms with Gasteiger partial charge in [0.15, 0.2) is 18.1 Å². The number of rotatable bonds is 14. The molecule has 0 aromatic heterocycles. The van der Waals surface area contributed by atoms with E-state index in [0.29, 0.717) is 43.2 Å². The van der Waals surface area contributed by atoms with E-state index < -0.39 is 10.0 Å². The standard InChI is InChI=1S/C22H30N2O7S/c1-28-14-4-12-23-22(25)16-31-18-6-8-19(9-7-18)32(26,27)24-13-11-17-5-10-20(29-2)21(15-17)30-3/h5-10,15,24H,4,11-14,16H2,1-3H3,(H,23,25). The van der Waals surface area contributed by atoms with Gasteiger partial charge in [0.2, 0.25) is 10.0 Å². The van der Waals surface area contributed by atoms with Gasteiger partial charge >= 0.3 is 0 Å². The molecule has 0 saturated heterocycles. The molecule has 2 aromatic carbocycles. The van der Waals surface area contributed by atoms with E-state index in [4.69, 9.17) is 18.9 Å². The molecule has 2 rings (SSSR count). The van der Waals surface area contributed by atoms with Crippen LogP contribution in [-0.4, -0.2) is 62.0 Å². The predicted molar refractivity (Wildman–Crippen MR) is 120 cm³/mol. The van der Waals surface area contributed by atoms with Crippen LogP contribution < -0.4 is 24.2 Å². The fourth-order valence-corrected chi connectivity index (χ4v) is 3.84. The largest absolute Gasteiger partial charge is 0.493 e. The lowest BCUT2D eigenvalue weighted by Crippen LogP contribution is -2.30.